The van der Waals surface area contributed by atoms with E-state index in [-0.39, 0.29) is 56.1 Å². The molecule has 2 N–H and O–H groups in total. The molecule has 0 aromatic heterocycles. The smallest absolute Gasteiger partial charge is 0.416 e. The van der Waals surface area contributed by atoms with Gasteiger partial charge >= 0.3 is 6.09 Å². The van der Waals surface area contributed by atoms with Crippen LogP contribution in [0, 0.1) is 27.9 Å². The normalized spacial score (nSPS) is 23.3. The number of aldehydes is 1. The maximum absolute atomic E-state index is 15.5. The second-order valence-corrected chi connectivity index (χ2v) is 19.2. The van der Waals surface area contributed by atoms with Crippen molar-refractivity contribution in [2.45, 2.75) is 94.8 Å². The second-order valence-electron chi connectivity index (χ2n) is 19.2. The highest BCUT2D eigenvalue weighted by Crippen LogP contribution is 2.62. The van der Waals surface area contributed by atoms with Gasteiger partial charge in [0.25, 0.3) is 5.69 Å². The van der Waals surface area contributed by atoms with E-state index in [0.717, 1.165) is 53.2 Å². The Hall–Kier alpha value is -7.11. The van der Waals surface area contributed by atoms with Gasteiger partial charge in [-0.15, -0.1) is 6.58 Å². The number of fused-ring (bicyclic) bond motifs is 3. The average Bonchev–Trinajstić information content (AvgIpc) is 3.42. The standard InChI is InChI=1S/C58H63N3O13/c1-3-30-70-58-53(60(36-40-16-12-15-38-13-4-5-17-46(38)40)57(65)72-43-22-20-42(21-23-43)61(66)67)35-50(59-74-54-19-8-11-31-69-54)48-33-39(14-6-9-28-62)47(18-7-10-29-63)55(56(48)58)49-34-45(25-27-52(49)73-58)71-44-24-26-51(68-2)41(32-44)37-64/h3-5,12-13,15-17,20-27,32-34,37,39,47,53-56,62-63H,1,6-11,14,18-19,28-31,35-36H2,2H3/t39-,47+,53-,54?,55+,56+,58+/m0/s1. The number of carbonyl (C=O) groups is 2. The Balaban J connectivity index is 1.26. The molecule has 74 heavy (non-hydrogen) atoms. The lowest BCUT2D eigenvalue weighted by molar-refractivity contribution is -0.384. The van der Waals surface area contributed by atoms with E-state index in [2.05, 4.69) is 12.7 Å². The first kappa shape index (κ1) is 51.8. The van der Waals surface area contributed by atoms with Crippen LogP contribution >= 0.6 is 0 Å². The fourth-order valence-corrected chi connectivity index (χ4v) is 11.3. The molecule has 2 heterocycles. The maximum atomic E-state index is 15.5. The van der Waals surface area contributed by atoms with Gasteiger partial charge < -0.3 is 43.5 Å². The quantitative estimate of drug-likeness (QED) is 0.0218. The molecule has 1 unspecified atom stereocenters. The summed E-state index contributed by atoms with van der Waals surface area (Å²) in [6.45, 7) is 4.71. The lowest BCUT2D eigenvalue weighted by atomic mass is 9.55. The molecular weight excluding hydrogens is 947 g/mol. The van der Waals surface area contributed by atoms with Gasteiger partial charge in [0.1, 0.15) is 34.8 Å². The molecule has 0 bridgehead atoms. The molecule has 2 fully saturated rings. The number of aliphatic hydroxyl groups is 2. The zero-order chi connectivity index (χ0) is 51.6. The number of nitro groups is 1. The molecule has 7 atom stereocenters. The number of carbonyl (C=O) groups excluding carboxylic acids is 2. The molecule has 2 aliphatic carbocycles. The monoisotopic (exact) mass is 1010 g/mol. The zero-order valence-corrected chi connectivity index (χ0v) is 41.6. The first-order valence-corrected chi connectivity index (χ1v) is 25.5. The maximum Gasteiger partial charge on any atom is 0.416 e. The van der Waals surface area contributed by atoms with Gasteiger partial charge in [0.05, 0.1) is 49.0 Å². The summed E-state index contributed by atoms with van der Waals surface area (Å²) in [6.07, 6.45) is 9.88. The molecule has 0 radical (unpaired) electrons. The molecule has 388 valence electrons. The lowest BCUT2D eigenvalue weighted by Crippen LogP contribution is -2.70. The van der Waals surface area contributed by atoms with Gasteiger partial charge in [-0.05, 0) is 121 Å². The predicted molar refractivity (Wildman–Crippen MR) is 277 cm³/mol. The third-order valence-electron chi connectivity index (χ3n) is 14.7. The lowest BCUT2D eigenvalue weighted by Gasteiger charge is -2.59. The third kappa shape index (κ3) is 11.0. The molecule has 1 amide bonds. The van der Waals surface area contributed by atoms with Crippen molar-refractivity contribution < 1.29 is 58.0 Å². The van der Waals surface area contributed by atoms with Crippen molar-refractivity contribution >= 4 is 34.6 Å². The van der Waals surface area contributed by atoms with E-state index in [9.17, 15) is 25.1 Å². The number of benzene rings is 5. The van der Waals surface area contributed by atoms with Crippen molar-refractivity contribution in [3.63, 3.8) is 0 Å². The molecule has 9 rings (SSSR count). The van der Waals surface area contributed by atoms with E-state index >= 15 is 4.79 Å². The Morgan fingerprint density at radius 1 is 0.932 bits per heavy atom. The topological polar surface area (TPSA) is 198 Å². The van der Waals surface area contributed by atoms with Crippen LogP contribution < -0.4 is 18.9 Å². The van der Waals surface area contributed by atoms with Gasteiger partial charge in [-0.25, -0.2) is 4.79 Å². The number of nitro benzene ring substituents is 1. The third-order valence-corrected chi connectivity index (χ3v) is 14.7. The number of allylic oxidation sites excluding steroid dienone is 1. The fraction of sp³-hybridized carbons (Fsp3) is 0.397. The van der Waals surface area contributed by atoms with Crippen molar-refractivity contribution in [3.8, 4) is 28.7 Å². The van der Waals surface area contributed by atoms with Crippen molar-refractivity contribution in [1.82, 2.24) is 4.90 Å². The molecule has 16 heteroatoms. The fourth-order valence-electron chi connectivity index (χ4n) is 11.3. The van der Waals surface area contributed by atoms with Crippen LogP contribution in [0.4, 0.5) is 10.5 Å². The molecular formula is C58H63N3O13. The second kappa shape index (κ2) is 23.8. The molecule has 0 spiro atoms. The molecule has 1 saturated heterocycles. The molecule has 2 aliphatic heterocycles. The minimum atomic E-state index is -1.65. The summed E-state index contributed by atoms with van der Waals surface area (Å²) in [5.41, 5.74) is 3.21. The summed E-state index contributed by atoms with van der Waals surface area (Å²) < 4.78 is 38.9. The number of oxime groups is 1. The number of nitrogens with zero attached hydrogens (tertiary/aromatic N) is 3. The van der Waals surface area contributed by atoms with E-state index in [1.54, 1.807) is 35.2 Å². The Bertz CT molecular complexity index is 2860. The number of ether oxygens (including phenoxy) is 6. The van der Waals surface area contributed by atoms with Crippen LogP contribution in [0.1, 0.15) is 91.6 Å². The van der Waals surface area contributed by atoms with Gasteiger partial charge in [0.15, 0.2) is 6.29 Å². The first-order chi connectivity index (χ1) is 36.2. The van der Waals surface area contributed by atoms with Crippen LogP contribution in [0.5, 0.6) is 28.7 Å². The van der Waals surface area contributed by atoms with E-state index in [1.807, 2.05) is 54.6 Å². The summed E-state index contributed by atoms with van der Waals surface area (Å²) in [7, 11) is 1.50. The molecule has 4 aliphatic rings. The van der Waals surface area contributed by atoms with Crippen LogP contribution in [-0.2, 0) is 20.9 Å². The molecule has 5 aromatic carbocycles. The largest absolute Gasteiger partial charge is 0.496 e. The summed E-state index contributed by atoms with van der Waals surface area (Å²) in [6, 6.07) is 28.9. The van der Waals surface area contributed by atoms with Gasteiger partial charge in [0, 0.05) is 49.7 Å². The summed E-state index contributed by atoms with van der Waals surface area (Å²) in [5, 5.41) is 38.8. The Labute approximate surface area is 430 Å². The average molecular weight is 1010 g/mol. The Kier molecular flexibility index (Phi) is 16.7. The number of hydrogen-bond donors (Lipinski definition) is 2. The molecule has 5 aromatic rings. The summed E-state index contributed by atoms with van der Waals surface area (Å²) in [4.78, 5) is 46.7. The van der Waals surface area contributed by atoms with Crippen molar-refractivity contribution in [3.05, 3.63) is 154 Å². The number of amides is 1. The highest BCUT2D eigenvalue weighted by Gasteiger charge is 2.66. The number of aliphatic hydroxyl groups excluding tert-OH is 2. The van der Waals surface area contributed by atoms with Crippen LogP contribution in [-0.4, -0.2) is 89.8 Å². The number of methoxy groups -OCH3 is 1. The summed E-state index contributed by atoms with van der Waals surface area (Å²) >= 11 is 0. The summed E-state index contributed by atoms with van der Waals surface area (Å²) in [5.74, 6) is -0.947. The van der Waals surface area contributed by atoms with Crippen LogP contribution in [0.15, 0.2) is 133 Å². The van der Waals surface area contributed by atoms with Crippen molar-refractivity contribution in [2.75, 3.05) is 33.5 Å². The van der Waals surface area contributed by atoms with Gasteiger partial charge in [-0.3, -0.25) is 19.8 Å². The highest BCUT2D eigenvalue weighted by molar-refractivity contribution is 6.03. The SMILES string of the molecule is C=CCO[C@@]12Oc3ccc(Oc4ccc(OC)c(C=O)c4)cc3[C@H]3[C@H](CCCCO)[C@@H](CCCCO)C=C(C(=NOC4CCCCO4)C[C@@H]1N(Cc1cccc4ccccc14)C(=O)Oc1ccc([N+](=O)[O-])cc1)[C@H]32. The van der Waals surface area contributed by atoms with Gasteiger partial charge in [-0.1, -0.05) is 72.6 Å². The van der Waals surface area contributed by atoms with E-state index in [1.165, 1.54) is 31.4 Å². The molecule has 1 saturated carbocycles. The number of hydrogen-bond acceptors (Lipinski definition) is 14. The van der Waals surface area contributed by atoms with Crippen LogP contribution in [0.3, 0.4) is 0 Å². The van der Waals surface area contributed by atoms with E-state index in [0.29, 0.717) is 79.3 Å². The minimum Gasteiger partial charge on any atom is -0.496 e. The van der Waals surface area contributed by atoms with E-state index in [4.69, 9.17) is 38.4 Å². The zero-order valence-electron chi connectivity index (χ0n) is 41.6. The minimum absolute atomic E-state index is 0.0185. The van der Waals surface area contributed by atoms with Crippen LogP contribution in [0.2, 0.25) is 0 Å². The first-order valence-electron chi connectivity index (χ1n) is 25.5. The van der Waals surface area contributed by atoms with Gasteiger partial charge in [-0.2, -0.15) is 0 Å². The van der Waals surface area contributed by atoms with Crippen molar-refractivity contribution in [1.29, 1.82) is 0 Å². The van der Waals surface area contributed by atoms with Crippen LogP contribution in [0.25, 0.3) is 10.8 Å². The number of unbranched alkanes of at least 4 members (excludes halogenated alkanes) is 2. The number of rotatable bonds is 22. The predicted octanol–water partition coefficient (Wildman–Crippen LogP) is 11.2. The Morgan fingerprint density at radius 2 is 1.69 bits per heavy atom. The van der Waals surface area contributed by atoms with E-state index < -0.39 is 41.0 Å². The Morgan fingerprint density at radius 3 is 2.43 bits per heavy atom. The van der Waals surface area contributed by atoms with Crippen molar-refractivity contribution in [2.24, 2.45) is 22.9 Å². The van der Waals surface area contributed by atoms with Gasteiger partial charge in [0.2, 0.25) is 12.1 Å². The molecule has 16 nitrogen and oxygen atoms in total. The number of non-ortho nitro benzene ring substituents is 1. The highest BCUT2D eigenvalue weighted by atomic mass is 16.8.